The van der Waals surface area contributed by atoms with Crippen molar-refractivity contribution < 1.29 is 4.79 Å². The van der Waals surface area contributed by atoms with Crippen molar-refractivity contribution in [3.05, 3.63) is 45.1 Å². The molecule has 3 rings (SSSR count). The van der Waals surface area contributed by atoms with Gasteiger partial charge in [0.1, 0.15) is 6.54 Å². The van der Waals surface area contributed by atoms with Gasteiger partial charge in [-0.3, -0.25) is 18.7 Å². The minimum Gasteiger partial charge on any atom is -0.352 e. The van der Waals surface area contributed by atoms with Crippen LogP contribution in [-0.2, 0) is 17.9 Å². The van der Waals surface area contributed by atoms with Gasteiger partial charge in [-0.15, -0.1) is 0 Å². The van der Waals surface area contributed by atoms with Gasteiger partial charge in [0.2, 0.25) is 5.91 Å². The summed E-state index contributed by atoms with van der Waals surface area (Å²) in [5.74, 6) is -0.189. The zero-order chi connectivity index (χ0) is 15.0. The fraction of sp³-hybridized carbons (Fsp3) is 0.400. The molecule has 1 fully saturated rings. The van der Waals surface area contributed by atoms with Gasteiger partial charge >= 0.3 is 5.69 Å². The SMILES string of the molecule is CCn1c(=O)c2ccccc2n(CC(=O)NC2CC2)c1=O. The Labute approximate surface area is 121 Å². The van der Waals surface area contributed by atoms with E-state index in [1.165, 1.54) is 4.57 Å². The largest absolute Gasteiger partial charge is 0.352 e. The normalized spacial score (nSPS) is 14.3. The maximum Gasteiger partial charge on any atom is 0.331 e. The highest BCUT2D eigenvalue weighted by atomic mass is 16.2. The molecule has 1 aliphatic rings. The molecule has 0 radical (unpaired) electrons. The number of nitrogens with one attached hydrogen (secondary N) is 1. The van der Waals surface area contributed by atoms with Crippen LogP contribution in [0.3, 0.4) is 0 Å². The Hall–Kier alpha value is -2.37. The van der Waals surface area contributed by atoms with Gasteiger partial charge in [-0.25, -0.2) is 4.79 Å². The number of para-hydroxylation sites is 1. The molecule has 21 heavy (non-hydrogen) atoms. The molecule has 0 atom stereocenters. The first-order valence-electron chi connectivity index (χ1n) is 7.13. The van der Waals surface area contributed by atoms with Crippen LogP contribution < -0.4 is 16.6 Å². The van der Waals surface area contributed by atoms with Crippen molar-refractivity contribution in [2.45, 2.75) is 38.9 Å². The molecule has 0 unspecified atom stereocenters. The van der Waals surface area contributed by atoms with Gasteiger partial charge in [0.15, 0.2) is 0 Å². The molecular weight excluding hydrogens is 270 g/mol. The topological polar surface area (TPSA) is 73.1 Å². The van der Waals surface area contributed by atoms with E-state index in [2.05, 4.69) is 5.32 Å². The van der Waals surface area contributed by atoms with E-state index in [1.807, 2.05) is 0 Å². The van der Waals surface area contributed by atoms with Crippen molar-refractivity contribution in [2.75, 3.05) is 0 Å². The summed E-state index contributed by atoms with van der Waals surface area (Å²) in [4.78, 5) is 36.7. The van der Waals surface area contributed by atoms with Gasteiger partial charge in [-0.2, -0.15) is 0 Å². The van der Waals surface area contributed by atoms with Gasteiger partial charge in [0.05, 0.1) is 10.9 Å². The van der Waals surface area contributed by atoms with E-state index in [-0.39, 0.29) is 30.6 Å². The molecule has 0 spiro atoms. The lowest BCUT2D eigenvalue weighted by Crippen LogP contribution is -2.42. The third kappa shape index (κ3) is 2.49. The van der Waals surface area contributed by atoms with Crippen molar-refractivity contribution in [3.8, 4) is 0 Å². The van der Waals surface area contributed by atoms with Crippen LogP contribution in [0.25, 0.3) is 10.9 Å². The fourth-order valence-electron chi connectivity index (χ4n) is 2.45. The summed E-state index contributed by atoms with van der Waals surface area (Å²) in [7, 11) is 0. The maximum atomic E-state index is 12.4. The molecule has 0 aliphatic heterocycles. The summed E-state index contributed by atoms with van der Waals surface area (Å²) < 4.78 is 2.53. The predicted octanol–water partition coefficient (Wildman–Crippen LogP) is 0.462. The number of carbonyl (C=O) groups excluding carboxylic acids is 1. The molecule has 0 saturated heterocycles. The summed E-state index contributed by atoms with van der Waals surface area (Å²) in [6.45, 7) is 1.97. The lowest BCUT2D eigenvalue weighted by Gasteiger charge is -2.13. The first-order valence-corrected chi connectivity index (χ1v) is 7.13. The Kier molecular flexibility index (Phi) is 3.37. The van der Waals surface area contributed by atoms with Gasteiger partial charge in [0.25, 0.3) is 5.56 Å². The van der Waals surface area contributed by atoms with E-state index in [0.29, 0.717) is 10.9 Å². The van der Waals surface area contributed by atoms with Crippen LogP contribution in [0.2, 0.25) is 0 Å². The summed E-state index contributed by atoms with van der Waals surface area (Å²) in [6, 6.07) is 7.13. The minimum absolute atomic E-state index is 0.0594. The van der Waals surface area contributed by atoms with E-state index >= 15 is 0 Å². The number of fused-ring (bicyclic) bond motifs is 1. The average Bonchev–Trinajstić information content (AvgIpc) is 3.28. The molecule has 6 heteroatoms. The van der Waals surface area contributed by atoms with Crippen LogP contribution in [0, 0.1) is 0 Å². The molecule has 1 N–H and O–H groups in total. The Morgan fingerprint density at radius 1 is 1.24 bits per heavy atom. The van der Waals surface area contributed by atoms with E-state index in [9.17, 15) is 14.4 Å². The highest BCUT2D eigenvalue weighted by Crippen LogP contribution is 2.18. The molecule has 1 aromatic heterocycles. The van der Waals surface area contributed by atoms with Crippen molar-refractivity contribution in [1.82, 2.24) is 14.5 Å². The molecule has 2 aromatic rings. The number of hydrogen-bond acceptors (Lipinski definition) is 3. The Bertz CT molecular complexity index is 815. The molecule has 1 saturated carbocycles. The third-order valence-electron chi connectivity index (χ3n) is 3.69. The maximum absolute atomic E-state index is 12.4. The van der Waals surface area contributed by atoms with Crippen LogP contribution >= 0.6 is 0 Å². The second kappa shape index (κ2) is 5.20. The van der Waals surface area contributed by atoms with Crippen LogP contribution in [0.15, 0.2) is 33.9 Å². The summed E-state index contributed by atoms with van der Waals surface area (Å²) in [5.41, 5.74) is -0.243. The van der Waals surface area contributed by atoms with Crippen molar-refractivity contribution >= 4 is 16.8 Å². The average molecular weight is 287 g/mol. The molecule has 6 nitrogen and oxygen atoms in total. The second-order valence-electron chi connectivity index (χ2n) is 5.28. The van der Waals surface area contributed by atoms with Crippen molar-refractivity contribution in [2.24, 2.45) is 0 Å². The Morgan fingerprint density at radius 2 is 1.95 bits per heavy atom. The van der Waals surface area contributed by atoms with E-state index in [0.717, 1.165) is 17.4 Å². The number of hydrogen-bond donors (Lipinski definition) is 1. The van der Waals surface area contributed by atoms with Crippen molar-refractivity contribution in [3.63, 3.8) is 0 Å². The standard InChI is InChI=1S/C15H17N3O3/c1-2-17-14(20)11-5-3-4-6-12(11)18(15(17)21)9-13(19)16-10-7-8-10/h3-6,10H,2,7-9H2,1H3,(H,16,19). The number of rotatable bonds is 4. The second-order valence-corrected chi connectivity index (χ2v) is 5.28. The number of nitrogens with zero attached hydrogens (tertiary/aromatic N) is 2. The van der Waals surface area contributed by atoms with E-state index < -0.39 is 5.69 Å². The summed E-state index contributed by atoms with van der Waals surface area (Å²) in [5, 5.41) is 3.32. The lowest BCUT2D eigenvalue weighted by atomic mass is 10.2. The van der Waals surface area contributed by atoms with Crippen LogP contribution in [-0.4, -0.2) is 21.1 Å². The first-order chi connectivity index (χ1) is 10.1. The lowest BCUT2D eigenvalue weighted by molar-refractivity contribution is -0.121. The van der Waals surface area contributed by atoms with Gasteiger partial charge in [0, 0.05) is 12.6 Å². The van der Waals surface area contributed by atoms with Crippen LogP contribution in [0.1, 0.15) is 19.8 Å². The number of amides is 1. The third-order valence-corrected chi connectivity index (χ3v) is 3.69. The minimum atomic E-state index is -0.438. The van der Waals surface area contributed by atoms with Gasteiger partial charge in [-0.1, -0.05) is 12.1 Å². The smallest absolute Gasteiger partial charge is 0.331 e. The zero-order valence-electron chi connectivity index (χ0n) is 11.8. The van der Waals surface area contributed by atoms with Crippen LogP contribution in [0.5, 0.6) is 0 Å². The predicted molar refractivity (Wildman–Crippen MR) is 79.3 cm³/mol. The molecule has 110 valence electrons. The molecule has 1 aromatic carbocycles. The molecular formula is C15H17N3O3. The highest BCUT2D eigenvalue weighted by Gasteiger charge is 2.24. The first kappa shape index (κ1) is 13.6. The summed E-state index contributed by atoms with van der Waals surface area (Å²) >= 11 is 0. The summed E-state index contributed by atoms with van der Waals surface area (Å²) in [6.07, 6.45) is 1.99. The quantitative estimate of drug-likeness (QED) is 0.888. The molecule has 1 amide bonds. The molecule has 1 heterocycles. The highest BCUT2D eigenvalue weighted by molar-refractivity contribution is 5.81. The monoisotopic (exact) mass is 287 g/mol. The van der Waals surface area contributed by atoms with Crippen molar-refractivity contribution in [1.29, 1.82) is 0 Å². The van der Waals surface area contributed by atoms with Gasteiger partial charge in [-0.05, 0) is 31.9 Å². The molecule has 1 aliphatic carbocycles. The van der Waals surface area contributed by atoms with Crippen LogP contribution in [0.4, 0.5) is 0 Å². The van der Waals surface area contributed by atoms with Gasteiger partial charge < -0.3 is 5.32 Å². The number of carbonyl (C=O) groups is 1. The fourth-order valence-corrected chi connectivity index (χ4v) is 2.45. The van der Waals surface area contributed by atoms with E-state index in [4.69, 9.17) is 0 Å². The Morgan fingerprint density at radius 3 is 2.62 bits per heavy atom. The number of aromatic nitrogens is 2. The zero-order valence-corrected chi connectivity index (χ0v) is 11.8. The van der Waals surface area contributed by atoms with E-state index in [1.54, 1.807) is 31.2 Å². The molecule has 0 bridgehead atoms. The Balaban J connectivity index is 2.13. The number of benzene rings is 1.